The van der Waals surface area contributed by atoms with E-state index in [2.05, 4.69) is 20.8 Å². The molecule has 0 aromatic rings. The van der Waals surface area contributed by atoms with Crippen LogP contribution in [0.25, 0.3) is 0 Å². The Morgan fingerprint density at radius 2 is 1.20 bits per heavy atom. The number of rotatable bonds is 14. The molecule has 0 saturated heterocycles. The molecule has 0 aliphatic carbocycles. The minimum absolute atomic E-state index is 0.0182. The molecule has 120 valence electrons. The van der Waals surface area contributed by atoms with Gasteiger partial charge in [0.1, 0.15) is 0 Å². The molecule has 0 aromatic carbocycles. The molecular formula is C18H36O2. The monoisotopic (exact) mass is 284 g/mol. The van der Waals surface area contributed by atoms with Gasteiger partial charge in [-0.1, -0.05) is 85.0 Å². The highest BCUT2D eigenvalue weighted by Gasteiger charge is 2.26. The second kappa shape index (κ2) is 12.2. The number of hydrogen-bond acceptors (Lipinski definition) is 1. The van der Waals surface area contributed by atoms with E-state index < -0.39 is 5.97 Å². The van der Waals surface area contributed by atoms with E-state index in [0.717, 1.165) is 12.8 Å². The SMILES string of the molecule is CCCCCCCCC(C)(CCCCCC)CC(=O)O. The first-order valence-electron chi connectivity index (χ1n) is 8.76. The van der Waals surface area contributed by atoms with Gasteiger partial charge < -0.3 is 5.11 Å². The van der Waals surface area contributed by atoms with Crippen LogP contribution in [0, 0.1) is 5.41 Å². The van der Waals surface area contributed by atoms with Crippen LogP contribution in [0.3, 0.4) is 0 Å². The summed E-state index contributed by atoms with van der Waals surface area (Å²) in [5.74, 6) is -0.631. The molecule has 1 unspecified atom stereocenters. The minimum Gasteiger partial charge on any atom is -0.481 e. The molecule has 0 rings (SSSR count). The summed E-state index contributed by atoms with van der Waals surface area (Å²) in [6.07, 6.45) is 15.2. The quantitative estimate of drug-likeness (QED) is 0.386. The summed E-state index contributed by atoms with van der Waals surface area (Å²) < 4.78 is 0. The van der Waals surface area contributed by atoms with Crippen LogP contribution in [0.5, 0.6) is 0 Å². The summed E-state index contributed by atoms with van der Waals surface area (Å²) >= 11 is 0. The second-order valence-electron chi connectivity index (χ2n) is 6.71. The van der Waals surface area contributed by atoms with Gasteiger partial charge in [-0.25, -0.2) is 0 Å². The maximum absolute atomic E-state index is 11.1. The van der Waals surface area contributed by atoms with Crippen LogP contribution >= 0.6 is 0 Å². The van der Waals surface area contributed by atoms with Crippen molar-refractivity contribution >= 4 is 5.97 Å². The lowest BCUT2D eigenvalue weighted by Gasteiger charge is -2.28. The zero-order chi connectivity index (χ0) is 15.3. The zero-order valence-corrected chi connectivity index (χ0v) is 14.0. The van der Waals surface area contributed by atoms with Crippen LogP contribution < -0.4 is 0 Å². The first-order valence-corrected chi connectivity index (χ1v) is 8.76. The predicted octanol–water partition coefficient (Wildman–Crippen LogP) is 6.19. The van der Waals surface area contributed by atoms with Crippen LogP contribution in [0.2, 0.25) is 0 Å². The van der Waals surface area contributed by atoms with Gasteiger partial charge in [0, 0.05) is 0 Å². The van der Waals surface area contributed by atoms with Gasteiger partial charge in [0.15, 0.2) is 0 Å². The normalized spacial score (nSPS) is 14.2. The Labute approximate surface area is 126 Å². The summed E-state index contributed by atoms with van der Waals surface area (Å²) in [4.78, 5) is 11.1. The number of carboxylic acid groups (broad SMARTS) is 1. The van der Waals surface area contributed by atoms with Crippen molar-refractivity contribution in [3.05, 3.63) is 0 Å². The van der Waals surface area contributed by atoms with Crippen molar-refractivity contribution in [1.29, 1.82) is 0 Å². The third-order valence-electron chi connectivity index (χ3n) is 4.35. The van der Waals surface area contributed by atoms with Gasteiger partial charge >= 0.3 is 5.97 Å². The maximum atomic E-state index is 11.1. The molecule has 2 nitrogen and oxygen atoms in total. The van der Waals surface area contributed by atoms with Crippen molar-refractivity contribution < 1.29 is 9.90 Å². The summed E-state index contributed by atoms with van der Waals surface area (Å²) in [6.45, 7) is 6.63. The van der Waals surface area contributed by atoms with E-state index in [4.69, 9.17) is 5.11 Å². The van der Waals surface area contributed by atoms with Crippen molar-refractivity contribution in [1.82, 2.24) is 0 Å². The van der Waals surface area contributed by atoms with Gasteiger partial charge in [0.2, 0.25) is 0 Å². The molecule has 0 spiro atoms. The van der Waals surface area contributed by atoms with Gasteiger partial charge in [0.25, 0.3) is 0 Å². The molecule has 0 heterocycles. The molecule has 20 heavy (non-hydrogen) atoms. The van der Waals surface area contributed by atoms with Crippen molar-refractivity contribution in [2.45, 2.75) is 104 Å². The number of carbonyl (C=O) groups is 1. The van der Waals surface area contributed by atoms with Gasteiger partial charge in [-0.3, -0.25) is 4.79 Å². The van der Waals surface area contributed by atoms with Gasteiger partial charge in [-0.15, -0.1) is 0 Å². The Bertz CT molecular complexity index is 238. The van der Waals surface area contributed by atoms with Crippen molar-refractivity contribution in [2.75, 3.05) is 0 Å². The van der Waals surface area contributed by atoms with E-state index in [0.29, 0.717) is 6.42 Å². The standard InChI is InChI=1S/C18H36O2/c1-4-6-8-10-11-13-15-18(3,16-17(19)20)14-12-9-7-5-2/h4-16H2,1-3H3,(H,19,20). The fraction of sp³-hybridized carbons (Fsp3) is 0.944. The van der Waals surface area contributed by atoms with Gasteiger partial charge in [0.05, 0.1) is 6.42 Å². The Morgan fingerprint density at radius 1 is 0.800 bits per heavy atom. The average Bonchev–Trinajstić information content (AvgIpc) is 2.38. The van der Waals surface area contributed by atoms with Crippen molar-refractivity contribution in [2.24, 2.45) is 5.41 Å². The van der Waals surface area contributed by atoms with Crippen LogP contribution in [-0.4, -0.2) is 11.1 Å². The largest absolute Gasteiger partial charge is 0.481 e. The fourth-order valence-corrected chi connectivity index (χ4v) is 2.98. The molecule has 0 saturated carbocycles. The average molecular weight is 284 g/mol. The fourth-order valence-electron chi connectivity index (χ4n) is 2.98. The van der Waals surface area contributed by atoms with E-state index in [1.54, 1.807) is 0 Å². The summed E-state index contributed by atoms with van der Waals surface area (Å²) in [7, 11) is 0. The van der Waals surface area contributed by atoms with Gasteiger partial charge in [-0.2, -0.15) is 0 Å². The van der Waals surface area contributed by atoms with Crippen LogP contribution in [0.1, 0.15) is 104 Å². The summed E-state index contributed by atoms with van der Waals surface area (Å²) in [5, 5.41) is 9.12. The number of hydrogen-bond donors (Lipinski definition) is 1. The topological polar surface area (TPSA) is 37.3 Å². The molecule has 1 atom stereocenters. The number of aliphatic carboxylic acids is 1. The lowest BCUT2D eigenvalue weighted by Crippen LogP contribution is -2.21. The maximum Gasteiger partial charge on any atom is 0.303 e. The molecule has 2 heteroatoms. The molecule has 0 aliphatic rings. The van der Waals surface area contributed by atoms with Crippen molar-refractivity contribution in [3.8, 4) is 0 Å². The van der Waals surface area contributed by atoms with E-state index in [1.807, 2.05) is 0 Å². The first kappa shape index (κ1) is 19.5. The van der Waals surface area contributed by atoms with E-state index in [1.165, 1.54) is 64.2 Å². The Morgan fingerprint density at radius 3 is 1.65 bits per heavy atom. The van der Waals surface area contributed by atoms with Crippen molar-refractivity contribution in [3.63, 3.8) is 0 Å². The molecule has 0 amide bonds. The zero-order valence-electron chi connectivity index (χ0n) is 14.0. The minimum atomic E-state index is -0.631. The van der Waals surface area contributed by atoms with E-state index >= 15 is 0 Å². The molecule has 1 N–H and O–H groups in total. The Hall–Kier alpha value is -0.530. The predicted molar refractivity (Wildman–Crippen MR) is 87.1 cm³/mol. The summed E-state index contributed by atoms with van der Waals surface area (Å²) in [6, 6.07) is 0. The Balaban J connectivity index is 3.95. The van der Waals surface area contributed by atoms with E-state index in [-0.39, 0.29) is 5.41 Å². The van der Waals surface area contributed by atoms with Crippen LogP contribution in [0.4, 0.5) is 0 Å². The third kappa shape index (κ3) is 11.3. The highest BCUT2D eigenvalue weighted by atomic mass is 16.4. The Kier molecular flexibility index (Phi) is 11.9. The molecule has 0 bridgehead atoms. The van der Waals surface area contributed by atoms with Crippen LogP contribution in [-0.2, 0) is 4.79 Å². The first-order chi connectivity index (χ1) is 9.54. The van der Waals surface area contributed by atoms with E-state index in [9.17, 15) is 4.79 Å². The van der Waals surface area contributed by atoms with Crippen LogP contribution in [0.15, 0.2) is 0 Å². The van der Waals surface area contributed by atoms with Gasteiger partial charge in [-0.05, 0) is 18.3 Å². The summed E-state index contributed by atoms with van der Waals surface area (Å²) in [5.41, 5.74) is 0.0182. The smallest absolute Gasteiger partial charge is 0.303 e. The third-order valence-corrected chi connectivity index (χ3v) is 4.35. The number of carboxylic acids is 1. The highest BCUT2D eigenvalue weighted by Crippen LogP contribution is 2.34. The molecular weight excluding hydrogens is 248 g/mol. The molecule has 0 fully saturated rings. The molecule has 0 aromatic heterocycles. The lowest BCUT2D eigenvalue weighted by molar-refractivity contribution is -0.139. The second-order valence-corrected chi connectivity index (χ2v) is 6.71. The number of unbranched alkanes of at least 4 members (excludes halogenated alkanes) is 8. The highest BCUT2D eigenvalue weighted by molar-refractivity contribution is 5.67. The molecule has 0 radical (unpaired) electrons. The molecule has 0 aliphatic heterocycles. The lowest BCUT2D eigenvalue weighted by atomic mass is 9.77.